The summed E-state index contributed by atoms with van der Waals surface area (Å²) in [6.45, 7) is 0. The molecule has 3 rings (SSSR count). The summed E-state index contributed by atoms with van der Waals surface area (Å²) in [7, 11) is -3.22. The molecule has 0 aliphatic carbocycles. The number of fused-ring (bicyclic) bond motifs is 1. The summed E-state index contributed by atoms with van der Waals surface area (Å²) < 4.78 is 23.2. The van der Waals surface area contributed by atoms with Gasteiger partial charge in [-0.1, -0.05) is 24.3 Å². The highest BCUT2D eigenvalue weighted by molar-refractivity contribution is 7.90. The van der Waals surface area contributed by atoms with Crippen molar-refractivity contribution in [3.05, 3.63) is 48.0 Å². The van der Waals surface area contributed by atoms with Crippen LogP contribution in [0.4, 0.5) is 0 Å². The number of nitrogens with zero attached hydrogens (tertiary/aromatic N) is 1. The number of benzene rings is 2. The zero-order valence-corrected chi connectivity index (χ0v) is 12.9. The first-order valence-corrected chi connectivity index (χ1v) is 8.75. The SMILES string of the molecule is CS(=O)(=O)c1ccc2nc(-c3ccc(CCl)cc3)[nH]c2c1. The van der Waals surface area contributed by atoms with Gasteiger partial charge in [-0.05, 0) is 23.8 Å². The molecule has 6 heteroatoms. The molecule has 0 unspecified atom stereocenters. The Hall–Kier alpha value is -1.85. The van der Waals surface area contributed by atoms with Gasteiger partial charge in [-0.3, -0.25) is 0 Å². The highest BCUT2D eigenvalue weighted by atomic mass is 35.5. The van der Waals surface area contributed by atoms with Gasteiger partial charge in [0.05, 0.1) is 15.9 Å². The third-order valence-corrected chi connectivity index (χ3v) is 4.68. The van der Waals surface area contributed by atoms with Crippen molar-refractivity contribution >= 4 is 32.5 Å². The molecule has 0 amide bonds. The number of nitrogens with one attached hydrogen (secondary N) is 1. The lowest BCUT2D eigenvalue weighted by Crippen LogP contribution is -1.96. The fourth-order valence-corrected chi connectivity index (χ4v) is 2.93. The standard InChI is InChI=1S/C15H13ClN2O2S/c1-21(19,20)12-6-7-13-14(8-12)18-15(17-13)11-4-2-10(9-16)3-5-11/h2-8H,9H2,1H3,(H,17,18). The number of H-pyrrole nitrogens is 1. The molecule has 0 saturated heterocycles. The first-order chi connectivity index (χ1) is 9.97. The van der Waals surface area contributed by atoms with Gasteiger partial charge in [0.15, 0.2) is 9.84 Å². The van der Waals surface area contributed by atoms with Gasteiger partial charge in [-0.25, -0.2) is 13.4 Å². The maximum Gasteiger partial charge on any atom is 0.175 e. The molecule has 0 fully saturated rings. The van der Waals surface area contributed by atoms with Crippen LogP contribution in [0.3, 0.4) is 0 Å². The van der Waals surface area contributed by atoms with E-state index < -0.39 is 9.84 Å². The minimum Gasteiger partial charge on any atom is -0.338 e. The molecule has 0 aliphatic rings. The van der Waals surface area contributed by atoms with Crippen LogP contribution >= 0.6 is 11.6 Å². The molecule has 4 nitrogen and oxygen atoms in total. The van der Waals surface area contributed by atoms with Crippen molar-refractivity contribution < 1.29 is 8.42 Å². The van der Waals surface area contributed by atoms with E-state index in [1.54, 1.807) is 18.2 Å². The van der Waals surface area contributed by atoms with Gasteiger partial charge in [0, 0.05) is 17.7 Å². The summed E-state index contributed by atoms with van der Waals surface area (Å²) in [4.78, 5) is 7.91. The van der Waals surface area contributed by atoms with E-state index in [2.05, 4.69) is 9.97 Å². The highest BCUT2D eigenvalue weighted by Gasteiger charge is 2.11. The van der Waals surface area contributed by atoms with Gasteiger partial charge in [0.1, 0.15) is 5.82 Å². The summed E-state index contributed by atoms with van der Waals surface area (Å²) in [5, 5.41) is 0. The zero-order chi connectivity index (χ0) is 15.0. The van der Waals surface area contributed by atoms with E-state index in [0.717, 1.165) is 16.6 Å². The van der Waals surface area contributed by atoms with E-state index in [4.69, 9.17) is 11.6 Å². The number of imidazole rings is 1. The lowest BCUT2D eigenvalue weighted by atomic mass is 10.1. The third-order valence-electron chi connectivity index (χ3n) is 3.26. The largest absolute Gasteiger partial charge is 0.338 e. The van der Waals surface area contributed by atoms with E-state index in [1.807, 2.05) is 24.3 Å². The van der Waals surface area contributed by atoms with Crippen molar-refractivity contribution in [1.29, 1.82) is 0 Å². The topological polar surface area (TPSA) is 62.8 Å². The van der Waals surface area contributed by atoms with Crippen LogP contribution in [0.5, 0.6) is 0 Å². The van der Waals surface area contributed by atoms with Crippen LogP contribution in [0.2, 0.25) is 0 Å². The van der Waals surface area contributed by atoms with Crippen LogP contribution in [-0.2, 0) is 15.7 Å². The monoisotopic (exact) mass is 320 g/mol. The number of aromatic nitrogens is 2. The molecule has 0 spiro atoms. The van der Waals surface area contributed by atoms with Crippen LogP contribution in [0, 0.1) is 0 Å². The average molecular weight is 321 g/mol. The van der Waals surface area contributed by atoms with Gasteiger partial charge in [0.2, 0.25) is 0 Å². The zero-order valence-electron chi connectivity index (χ0n) is 11.3. The van der Waals surface area contributed by atoms with E-state index in [0.29, 0.717) is 17.2 Å². The van der Waals surface area contributed by atoms with Gasteiger partial charge in [0.25, 0.3) is 0 Å². The van der Waals surface area contributed by atoms with Crippen LogP contribution in [0.1, 0.15) is 5.56 Å². The Morgan fingerprint density at radius 2 is 1.86 bits per heavy atom. The van der Waals surface area contributed by atoms with Gasteiger partial charge in [-0.15, -0.1) is 11.6 Å². The van der Waals surface area contributed by atoms with Gasteiger partial charge >= 0.3 is 0 Å². The molecule has 0 saturated carbocycles. The average Bonchev–Trinajstić information content (AvgIpc) is 2.89. The molecule has 21 heavy (non-hydrogen) atoms. The van der Waals surface area contributed by atoms with E-state index in [-0.39, 0.29) is 4.90 Å². The fourth-order valence-electron chi connectivity index (χ4n) is 2.11. The summed E-state index contributed by atoms with van der Waals surface area (Å²) >= 11 is 5.77. The number of aromatic amines is 1. The highest BCUT2D eigenvalue weighted by Crippen LogP contribution is 2.23. The third kappa shape index (κ3) is 2.80. The van der Waals surface area contributed by atoms with Crippen molar-refractivity contribution in [2.75, 3.05) is 6.26 Å². The minimum absolute atomic E-state index is 0.280. The second-order valence-electron chi connectivity index (χ2n) is 4.87. The van der Waals surface area contributed by atoms with Crippen LogP contribution in [0.25, 0.3) is 22.4 Å². The minimum atomic E-state index is -3.22. The number of halogens is 1. The Labute approximate surface area is 127 Å². The van der Waals surface area contributed by atoms with Gasteiger partial charge < -0.3 is 4.98 Å². The second-order valence-corrected chi connectivity index (χ2v) is 7.15. The van der Waals surface area contributed by atoms with Crippen molar-refractivity contribution in [3.8, 4) is 11.4 Å². The molecule has 1 heterocycles. The summed E-state index contributed by atoms with van der Waals surface area (Å²) in [6.07, 6.45) is 1.19. The molecule has 3 aromatic rings. The predicted molar refractivity (Wildman–Crippen MR) is 84.2 cm³/mol. The molecule has 2 aromatic carbocycles. The molecule has 1 N–H and O–H groups in total. The molecule has 0 bridgehead atoms. The van der Waals surface area contributed by atoms with Crippen molar-refractivity contribution in [1.82, 2.24) is 9.97 Å². The molecule has 0 aliphatic heterocycles. The Bertz CT molecular complexity index is 899. The number of hydrogen-bond acceptors (Lipinski definition) is 3. The van der Waals surface area contributed by atoms with Crippen molar-refractivity contribution in [2.24, 2.45) is 0 Å². The lowest BCUT2D eigenvalue weighted by molar-refractivity contribution is 0.602. The van der Waals surface area contributed by atoms with Crippen LogP contribution < -0.4 is 0 Å². The Balaban J connectivity index is 2.08. The summed E-state index contributed by atoms with van der Waals surface area (Å²) in [6, 6.07) is 12.6. The van der Waals surface area contributed by atoms with Crippen molar-refractivity contribution in [3.63, 3.8) is 0 Å². The normalized spacial score (nSPS) is 11.9. The van der Waals surface area contributed by atoms with E-state index in [1.165, 1.54) is 6.26 Å². The maximum absolute atomic E-state index is 11.6. The number of rotatable bonds is 3. The molecule has 0 radical (unpaired) electrons. The quantitative estimate of drug-likeness (QED) is 0.752. The van der Waals surface area contributed by atoms with Crippen LogP contribution in [0.15, 0.2) is 47.4 Å². The molecule has 1 aromatic heterocycles. The first kappa shape index (κ1) is 14.1. The molecule has 108 valence electrons. The van der Waals surface area contributed by atoms with Crippen LogP contribution in [-0.4, -0.2) is 24.6 Å². The Kier molecular flexibility index (Phi) is 3.47. The first-order valence-electron chi connectivity index (χ1n) is 6.32. The molecular weight excluding hydrogens is 308 g/mol. The second kappa shape index (κ2) is 5.16. The molecular formula is C15H13ClN2O2S. The molecule has 0 atom stereocenters. The van der Waals surface area contributed by atoms with E-state index in [9.17, 15) is 8.42 Å². The summed E-state index contributed by atoms with van der Waals surface area (Å²) in [5.41, 5.74) is 3.41. The number of hydrogen-bond donors (Lipinski definition) is 1. The number of alkyl halides is 1. The van der Waals surface area contributed by atoms with Crippen molar-refractivity contribution in [2.45, 2.75) is 10.8 Å². The van der Waals surface area contributed by atoms with E-state index >= 15 is 0 Å². The smallest absolute Gasteiger partial charge is 0.175 e. The summed E-state index contributed by atoms with van der Waals surface area (Å²) in [5.74, 6) is 1.18. The predicted octanol–water partition coefficient (Wildman–Crippen LogP) is 3.37. The Morgan fingerprint density at radius 3 is 2.48 bits per heavy atom. The number of sulfone groups is 1. The van der Waals surface area contributed by atoms with Gasteiger partial charge in [-0.2, -0.15) is 0 Å². The lowest BCUT2D eigenvalue weighted by Gasteiger charge is -1.98. The fraction of sp³-hybridized carbons (Fsp3) is 0.133. The maximum atomic E-state index is 11.6. The Morgan fingerprint density at radius 1 is 1.14 bits per heavy atom.